The number of fused-ring (bicyclic) bond motifs is 1. The van der Waals surface area contributed by atoms with Crippen LogP contribution < -0.4 is 14.8 Å². The Bertz CT molecular complexity index is 1270. The monoisotopic (exact) mass is 480 g/mol. The fourth-order valence-corrected chi connectivity index (χ4v) is 5.07. The molecule has 0 radical (unpaired) electrons. The predicted molar refractivity (Wildman–Crippen MR) is 130 cm³/mol. The van der Waals surface area contributed by atoms with E-state index in [2.05, 4.69) is 10.0 Å². The second-order valence-corrected chi connectivity index (χ2v) is 11.7. The van der Waals surface area contributed by atoms with Crippen molar-refractivity contribution < 1.29 is 17.9 Å². The first-order valence-electron chi connectivity index (χ1n) is 9.50. The largest absolute Gasteiger partial charge is 0.492 e. The van der Waals surface area contributed by atoms with Crippen LogP contribution in [0.2, 0.25) is 5.02 Å². The molecule has 166 valence electrons. The Labute approximate surface area is 191 Å². The summed E-state index contributed by atoms with van der Waals surface area (Å²) in [6.07, 6.45) is 1.07. The third-order valence-electron chi connectivity index (χ3n) is 4.69. The van der Waals surface area contributed by atoms with E-state index in [1.807, 2.05) is 39.8 Å². The molecule has 3 rings (SSSR count). The van der Waals surface area contributed by atoms with Gasteiger partial charge in [0.05, 0.1) is 29.6 Å². The zero-order chi connectivity index (χ0) is 23.1. The SMILES string of the molecule is COc1c(NC(=O)c2cc3cc(Cl)cc(C)c3s2)cc(C(C)(C)C)cc1NS(C)(=O)=O. The Hall–Kier alpha value is -2.29. The maximum absolute atomic E-state index is 13.1. The number of carbonyl (C=O) groups is 1. The Morgan fingerprint density at radius 3 is 2.32 bits per heavy atom. The molecule has 0 aliphatic heterocycles. The highest BCUT2D eigenvalue weighted by atomic mass is 35.5. The highest BCUT2D eigenvalue weighted by Gasteiger charge is 2.23. The molecule has 6 nitrogen and oxygen atoms in total. The molecule has 1 amide bonds. The lowest BCUT2D eigenvalue weighted by Gasteiger charge is -2.23. The van der Waals surface area contributed by atoms with Gasteiger partial charge in [0.2, 0.25) is 10.0 Å². The zero-order valence-corrected chi connectivity index (χ0v) is 20.6. The van der Waals surface area contributed by atoms with E-state index in [4.69, 9.17) is 16.3 Å². The van der Waals surface area contributed by atoms with Crippen LogP contribution in [0, 0.1) is 6.92 Å². The molecule has 0 unspecified atom stereocenters. The van der Waals surface area contributed by atoms with Crippen molar-refractivity contribution in [2.75, 3.05) is 23.4 Å². The summed E-state index contributed by atoms with van der Waals surface area (Å²) in [5.74, 6) is -0.0708. The lowest BCUT2D eigenvalue weighted by atomic mass is 9.86. The standard InChI is InChI=1S/C22H25ClN2O4S2/c1-12-7-15(23)8-13-9-18(30-20(12)13)21(26)24-16-10-14(22(2,3)4)11-17(19(16)29-5)25-31(6,27)28/h7-11,25H,1-6H3,(H,24,26). The van der Waals surface area contributed by atoms with Crippen LogP contribution in [0.1, 0.15) is 41.6 Å². The lowest BCUT2D eigenvalue weighted by Crippen LogP contribution is -2.18. The molecule has 2 N–H and O–H groups in total. The number of hydrogen-bond acceptors (Lipinski definition) is 5. The van der Waals surface area contributed by atoms with Crippen molar-refractivity contribution in [3.63, 3.8) is 0 Å². The van der Waals surface area contributed by atoms with Gasteiger partial charge in [-0.1, -0.05) is 32.4 Å². The molecular formula is C22H25ClN2O4S2. The van der Waals surface area contributed by atoms with Gasteiger partial charge in [-0.3, -0.25) is 9.52 Å². The van der Waals surface area contributed by atoms with Gasteiger partial charge in [0.15, 0.2) is 5.75 Å². The molecule has 0 saturated carbocycles. The minimum Gasteiger partial charge on any atom is -0.492 e. The first-order chi connectivity index (χ1) is 14.3. The Morgan fingerprint density at radius 1 is 1.10 bits per heavy atom. The summed E-state index contributed by atoms with van der Waals surface area (Å²) >= 11 is 7.52. The zero-order valence-electron chi connectivity index (χ0n) is 18.2. The summed E-state index contributed by atoms with van der Waals surface area (Å²) in [4.78, 5) is 13.6. The van der Waals surface area contributed by atoms with Crippen LogP contribution >= 0.6 is 22.9 Å². The molecule has 0 atom stereocenters. The summed E-state index contributed by atoms with van der Waals surface area (Å²) in [5.41, 5.74) is 2.21. The minimum absolute atomic E-state index is 0.243. The number of rotatable bonds is 5. The van der Waals surface area contributed by atoms with Crippen molar-refractivity contribution in [1.29, 1.82) is 0 Å². The highest BCUT2D eigenvalue weighted by molar-refractivity contribution is 7.92. The first-order valence-corrected chi connectivity index (χ1v) is 12.6. The Morgan fingerprint density at radius 2 is 1.74 bits per heavy atom. The number of sulfonamides is 1. The molecule has 3 aromatic rings. The number of anilines is 2. The molecule has 0 fully saturated rings. The van der Waals surface area contributed by atoms with Gasteiger partial charge in [0.1, 0.15) is 0 Å². The molecule has 1 aromatic heterocycles. The molecule has 0 saturated heterocycles. The molecular weight excluding hydrogens is 456 g/mol. The van der Waals surface area contributed by atoms with Crippen LogP contribution in [-0.4, -0.2) is 27.7 Å². The smallest absolute Gasteiger partial charge is 0.265 e. The van der Waals surface area contributed by atoms with E-state index in [9.17, 15) is 13.2 Å². The number of nitrogens with one attached hydrogen (secondary N) is 2. The quantitative estimate of drug-likeness (QED) is 0.483. The summed E-state index contributed by atoms with van der Waals surface area (Å²) in [6, 6.07) is 9.01. The van der Waals surface area contributed by atoms with Crippen LogP contribution in [0.4, 0.5) is 11.4 Å². The van der Waals surface area contributed by atoms with Crippen molar-refractivity contribution in [3.8, 4) is 5.75 Å². The van der Waals surface area contributed by atoms with E-state index in [1.54, 1.807) is 18.2 Å². The number of aryl methyl sites for hydroxylation is 1. The van der Waals surface area contributed by atoms with Crippen LogP contribution in [0.5, 0.6) is 5.75 Å². The third-order valence-corrected chi connectivity index (χ3v) is 6.79. The molecule has 2 aromatic carbocycles. The van der Waals surface area contributed by atoms with E-state index in [0.29, 0.717) is 15.6 Å². The number of methoxy groups -OCH3 is 1. The maximum Gasteiger partial charge on any atom is 0.265 e. The molecule has 1 heterocycles. The van der Waals surface area contributed by atoms with E-state index in [1.165, 1.54) is 18.4 Å². The van der Waals surface area contributed by atoms with Crippen molar-refractivity contribution in [2.24, 2.45) is 0 Å². The third kappa shape index (κ3) is 5.31. The van der Waals surface area contributed by atoms with Crippen LogP contribution in [-0.2, 0) is 15.4 Å². The predicted octanol–water partition coefficient (Wildman–Crippen LogP) is 5.79. The molecule has 0 bridgehead atoms. The summed E-state index contributed by atoms with van der Waals surface area (Å²) in [7, 11) is -2.12. The Balaban J connectivity index is 2.08. The van der Waals surface area contributed by atoms with Gasteiger partial charge in [-0.05, 0) is 59.2 Å². The molecule has 31 heavy (non-hydrogen) atoms. The number of carbonyl (C=O) groups excluding carboxylic acids is 1. The second kappa shape index (κ2) is 8.33. The maximum atomic E-state index is 13.1. The molecule has 0 aliphatic rings. The van der Waals surface area contributed by atoms with Gasteiger partial charge in [0.25, 0.3) is 5.91 Å². The molecule has 0 aliphatic carbocycles. The summed E-state index contributed by atoms with van der Waals surface area (Å²) < 4.78 is 32.7. The molecule has 9 heteroatoms. The number of hydrogen-bond donors (Lipinski definition) is 2. The number of halogens is 1. The van der Waals surface area contributed by atoms with Crippen LogP contribution in [0.15, 0.2) is 30.3 Å². The van der Waals surface area contributed by atoms with E-state index in [0.717, 1.165) is 27.5 Å². The van der Waals surface area contributed by atoms with Crippen LogP contribution in [0.3, 0.4) is 0 Å². The average molecular weight is 481 g/mol. The van der Waals surface area contributed by atoms with E-state index in [-0.39, 0.29) is 22.8 Å². The van der Waals surface area contributed by atoms with E-state index >= 15 is 0 Å². The fraction of sp³-hybridized carbons (Fsp3) is 0.318. The van der Waals surface area contributed by atoms with Gasteiger partial charge in [-0.15, -0.1) is 11.3 Å². The first kappa shape index (κ1) is 23.4. The van der Waals surface area contributed by atoms with Gasteiger partial charge in [-0.25, -0.2) is 8.42 Å². The highest BCUT2D eigenvalue weighted by Crippen LogP contribution is 2.40. The van der Waals surface area contributed by atoms with E-state index < -0.39 is 10.0 Å². The fourth-order valence-electron chi connectivity index (χ4n) is 3.23. The number of ether oxygens (including phenoxy) is 1. The summed E-state index contributed by atoms with van der Waals surface area (Å²) in [6.45, 7) is 7.96. The second-order valence-electron chi connectivity index (χ2n) is 8.43. The van der Waals surface area contributed by atoms with Crippen molar-refractivity contribution in [1.82, 2.24) is 0 Å². The molecule has 0 spiro atoms. The van der Waals surface area contributed by atoms with Crippen LogP contribution in [0.25, 0.3) is 10.1 Å². The van der Waals surface area contributed by atoms with Gasteiger partial charge in [0, 0.05) is 9.72 Å². The summed E-state index contributed by atoms with van der Waals surface area (Å²) in [5, 5.41) is 4.40. The van der Waals surface area contributed by atoms with Crippen molar-refractivity contribution >= 4 is 60.3 Å². The van der Waals surface area contributed by atoms with Gasteiger partial charge < -0.3 is 10.1 Å². The van der Waals surface area contributed by atoms with Gasteiger partial charge >= 0.3 is 0 Å². The lowest BCUT2D eigenvalue weighted by molar-refractivity contribution is 0.103. The normalized spacial score (nSPS) is 12.1. The average Bonchev–Trinajstić information content (AvgIpc) is 3.04. The van der Waals surface area contributed by atoms with Gasteiger partial charge in [-0.2, -0.15) is 0 Å². The van der Waals surface area contributed by atoms with Crippen molar-refractivity contribution in [3.05, 3.63) is 51.4 Å². The number of thiophene rings is 1. The minimum atomic E-state index is -3.55. The topological polar surface area (TPSA) is 84.5 Å². The number of amides is 1. The number of benzene rings is 2. The van der Waals surface area contributed by atoms with Crippen molar-refractivity contribution in [2.45, 2.75) is 33.1 Å². The Kier molecular flexibility index (Phi) is 6.28.